The molecule has 3 heteroatoms. The van der Waals surface area contributed by atoms with E-state index in [2.05, 4.69) is 47.9 Å². The van der Waals surface area contributed by atoms with E-state index in [1.165, 1.54) is 48.2 Å². The Morgan fingerprint density at radius 2 is 1.85 bits per heavy atom. The molecule has 1 N–H and O–H groups in total. The molecule has 0 spiro atoms. The van der Waals surface area contributed by atoms with Crippen LogP contribution in [0.15, 0.2) is 36.4 Å². The number of aryl methyl sites for hydroxylation is 1. The highest BCUT2D eigenvalue weighted by Gasteiger charge is 2.26. The molecule has 138 valence electrons. The number of fused-ring (bicyclic) bond motifs is 1. The summed E-state index contributed by atoms with van der Waals surface area (Å²) < 4.78 is 2.51. The van der Waals surface area contributed by atoms with Crippen LogP contribution in [0.1, 0.15) is 62.3 Å². The fourth-order valence-corrected chi connectivity index (χ4v) is 4.20. The number of benzene rings is 1. The van der Waals surface area contributed by atoms with E-state index in [9.17, 15) is 4.79 Å². The molecule has 1 aliphatic carbocycles. The predicted molar refractivity (Wildman–Crippen MR) is 104 cm³/mol. The van der Waals surface area contributed by atoms with Gasteiger partial charge in [0.15, 0.2) is 5.69 Å². The van der Waals surface area contributed by atoms with Crippen molar-refractivity contribution in [1.82, 2.24) is 0 Å². The molecule has 3 nitrogen and oxygen atoms in total. The lowest BCUT2D eigenvalue weighted by atomic mass is 9.88. The van der Waals surface area contributed by atoms with Gasteiger partial charge in [-0.15, -0.1) is 0 Å². The van der Waals surface area contributed by atoms with Gasteiger partial charge in [-0.1, -0.05) is 25.1 Å². The van der Waals surface area contributed by atoms with Gasteiger partial charge in [0.25, 0.3) is 0 Å². The molecule has 0 bridgehead atoms. The number of aromatic nitrogens is 1. The molecule has 0 amide bonds. The molecular formula is C23H30NO2+. The SMILES string of the molecule is CCc1c2c(cc(-c3ccccc3)[n+]1CCCCCC(=O)O)CCCC2. The second-order valence-corrected chi connectivity index (χ2v) is 7.26. The highest BCUT2D eigenvalue weighted by molar-refractivity contribution is 5.66. The number of pyridine rings is 1. The van der Waals surface area contributed by atoms with E-state index >= 15 is 0 Å². The molecule has 0 aliphatic heterocycles. The Balaban J connectivity index is 1.92. The molecule has 26 heavy (non-hydrogen) atoms. The van der Waals surface area contributed by atoms with E-state index in [1.807, 2.05) is 0 Å². The smallest absolute Gasteiger partial charge is 0.303 e. The zero-order chi connectivity index (χ0) is 18.4. The molecular weight excluding hydrogens is 322 g/mol. The highest BCUT2D eigenvalue weighted by atomic mass is 16.4. The molecule has 0 unspecified atom stereocenters. The van der Waals surface area contributed by atoms with Crippen LogP contribution >= 0.6 is 0 Å². The standard InChI is InChI=1S/C23H29NO2/c1-2-21-20-14-9-8-13-19(20)17-22(18-11-5-3-6-12-18)24(21)16-10-4-7-15-23(25)26/h3,5-6,11-12,17H,2,4,7-10,13-16H2,1H3/p+1. The van der Waals surface area contributed by atoms with Crippen molar-refractivity contribution in [3.8, 4) is 11.3 Å². The van der Waals surface area contributed by atoms with Crippen molar-refractivity contribution < 1.29 is 14.5 Å². The van der Waals surface area contributed by atoms with Gasteiger partial charge in [0.2, 0.25) is 5.69 Å². The van der Waals surface area contributed by atoms with Crippen LogP contribution in [-0.4, -0.2) is 11.1 Å². The third kappa shape index (κ3) is 4.32. The molecule has 0 fully saturated rings. The third-order valence-corrected chi connectivity index (χ3v) is 5.46. The summed E-state index contributed by atoms with van der Waals surface area (Å²) in [5.41, 5.74) is 7.19. The van der Waals surface area contributed by atoms with E-state index < -0.39 is 5.97 Å². The number of hydrogen-bond donors (Lipinski definition) is 1. The second-order valence-electron chi connectivity index (χ2n) is 7.26. The Labute approximate surface area is 156 Å². The van der Waals surface area contributed by atoms with Gasteiger partial charge in [0, 0.05) is 36.5 Å². The minimum Gasteiger partial charge on any atom is -0.481 e. The Kier molecular flexibility index (Phi) is 6.43. The molecule has 1 heterocycles. The van der Waals surface area contributed by atoms with Gasteiger partial charge in [0.05, 0.1) is 0 Å². The first kappa shape index (κ1) is 18.6. The minimum atomic E-state index is -0.689. The van der Waals surface area contributed by atoms with Crippen molar-refractivity contribution >= 4 is 5.97 Å². The molecule has 1 aromatic heterocycles. The van der Waals surface area contributed by atoms with Crippen molar-refractivity contribution in [3.05, 3.63) is 53.2 Å². The summed E-state index contributed by atoms with van der Waals surface area (Å²) in [4.78, 5) is 10.7. The van der Waals surface area contributed by atoms with Crippen molar-refractivity contribution in [2.24, 2.45) is 0 Å². The van der Waals surface area contributed by atoms with Crippen LogP contribution in [0.5, 0.6) is 0 Å². The van der Waals surface area contributed by atoms with Crippen LogP contribution in [0.25, 0.3) is 11.3 Å². The summed E-state index contributed by atoms with van der Waals surface area (Å²) in [6.07, 6.45) is 9.08. The summed E-state index contributed by atoms with van der Waals surface area (Å²) in [6, 6.07) is 13.1. The first-order chi connectivity index (χ1) is 12.7. The maximum Gasteiger partial charge on any atom is 0.303 e. The number of carbonyl (C=O) groups is 1. The number of aliphatic carboxylic acids is 1. The molecule has 0 atom stereocenters. The Morgan fingerprint density at radius 3 is 2.58 bits per heavy atom. The third-order valence-electron chi connectivity index (χ3n) is 5.46. The van der Waals surface area contributed by atoms with Crippen molar-refractivity contribution in [2.75, 3.05) is 0 Å². The fraction of sp³-hybridized carbons (Fsp3) is 0.478. The van der Waals surface area contributed by atoms with Gasteiger partial charge in [-0.2, -0.15) is 4.57 Å². The van der Waals surface area contributed by atoms with Gasteiger partial charge in [-0.25, -0.2) is 0 Å². The van der Waals surface area contributed by atoms with Gasteiger partial charge < -0.3 is 5.11 Å². The first-order valence-corrected chi connectivity index (χ1v) is 10.1. The summed E-state index contributed by atoms with van der Waals surface area (Å²) in [6.45, 7) is 3.24. The summed E-state index contributed by atoms with van der Waals surface area (Å²) >= 11 is 0. The largest absolute Gasteiger partial charge is 0.481 e. The number of carboxylic acids is 1. The molecule has 3 rings (SSSR count). The van der Waals surface area contributed by atoms with Crippen LogP contribution in [0, 0.1) is 0 Å². The van der Waals surface area contributed by atoms with E-state index in [0.717, 1.165) is 32.2 Å². The number of rotatable bonds is 8. The van der Waals surface area contributed by atoms with E-state index in [0.29, 0.717) is 0 Å². The second kappa shape index (κ2) is 8.98. The molecule has 2 aromatic rings. The highest BCUT2D eigenvalue weighted by Crippen LogP contribution is 2.28. The fourth-order valence-electron chi connectivity index (χ4n) is 4.20. The molecule has 0 saturated heterocycles. The van der Waals surface area contributed by atoms with E-state index in [4.69, 9.17) is 5.11 Å². The Hall–Kier alpha value is -2.16. The number of carboxylic acid groups (broad SMARTS) is 1. The normalized spacial score (nSPS) is 13.4. The van der Waals surface area contributed by atoms with Crippen LogP contribution in [0.3, 0.4) is 0 Å². The average Bonchev–Trinajstić information content (AvgIpc) is 2.67. The minimum absolute atomic E-state index is 0.279. The Bertz CT molecular complexity index is 753. The van der Waals surface area contributed by atoms with Crippen molar-refractivity contribution in [1.29, 1.82) is 0 Å². The number of hydrogen-bond acceptors (Lipinski definition) is 1. The van der Waals surface area contributed by atoms with Crippen LogP contribution in [0.4, 0.5) is 0 Å². The lowest BCUT2D eigenvalue weighted by Gasteiger charge is -2.20. The topological polar surface area (TPSA) is 41.2 Å². The van der Waals surface area contributed by atoms with Crippen LogP contribution in [-0.2, 0) is 30.6 Å². The average molecular weight is 352 g/mol. The molecule has 1 aromatic carbocycles. The predicted octanol–water partition coefficient (Wildman–Crippen LogP) is 4.73. The maximum atomic E-state index is 10.7. The maximum absolute atomic E-state index is 10.7. The van der Waals surface area contributed by atoms with Gasteiger partial charge in [-0.3, -0.25) is 4.79 Å². The Morgan fingerprint density at radius 1 is 1.08 bits per heavy atom. The first-order valence-electron chi connectivity index (χ1n) is 10.1. The molecule has 0 saturated carbocycles. The number of nitrogens with zero attached hydrogens (tertiary/aromatic N) is 1. The lowest BCUT2D eigenvalue weighted by molar-refractivity contribution is -0.694. The quantitative estimate of drug-likeness (QED) is 0.551. The van der Waals surface area contributed by atoms with E-state index in [1.54, 1.807) is 5.56 Å². The van der Waals surface area contributed by atoms with Crippen molar-refractivity contribution in [2.45, 2.75) is 71.3 Å². The molecule has 1 aliphatic rings. The van der Waals surface area contributed by atoms with E-state index in [-0.39, 0.29) is 6.42 Å². The zero-order valence-electron chi connectivity index (χ0n) is 15.8. The van der Waals surface area contributed by atoms with Crippen LogP contribution < -0.4 is 4.57 Å². The lowest BCUT2D eigenvalue weighted by Crippen LogP contribution is -2.43. The van der Waals surface area contributed by atoms with Crippen molar-refractivity contribution in [3.63, 3.8) is 0 Å². The van der Waals surface area contributed by atoms with Gasteiger partial charge in [-0.05, 0) is 56.2 Å². The van der Waals surface area contributed by atoms with Gasteiger partial charge in [0.1, 0.15) is 6.54 Å². The number of unbranched alkanes of at least 4 members (excludes halogenated alkanes) is 2. The zero-order valence-corrected chi connectivity index (χ0v) is 15.8. The molecule has 0 radical (unpaired) electrons. The van der Waals surface area contributed by atoms with Crippen LogP contribution in [0.2, 0.25) is 0 Å². The summed E-state index contributed by atoms with van der Waals surface area (Å²) in [5, 5.41) is 8.83. The van der Waals surface area contributed by atoms with Gasteiger partial charge >= 0.3 is 5.97 Å². The monoisotopic (exact) mass is 352 g/mol. The summed E-state index contributed by atoms with van der Waals surface area (Å²) in [5.74, 6) is -0.689. The summed E-state index contributed by atoms with van der Waals surface area (Å²) in [7, 11) is 0.